The number of hydrogen-bond acceptors (Lipinski definition) is 6. The van der Waals surface area contributed by atoms with E-state index in [1.165, 1.54) is 0 Å². The molecule has 0 spiro atoms. The normalized spacial score (nSPS) is 18.6. The molecule has 6 heteroatoms. The molecule has 0 amide bonds. The highest BCUT2D eigenvalue weighted by Crippen LogP contribution is 2.27. The predicted molar refractivity (Wildman–Crippen MR) is 84.8 cm³/mol. The lowest BCUT2D eigenvalue weighted by molar-refractivity contribution is 0.546. The predicted octanol–water partition coefficient (Wildman–Crippen LogP) is 2.43. The lowest BCUT2D eigenvalue weighted by Crippen LogP contribution is -2.52. The van der Waals surface area contributed by atoms with Crippen molar-refractivity contribution < 1.29 is 0 Å². The van der Waals surface area contributed by atoms with Gasteiger partial charge in [0.2, 0.25) is 0 Å². The monoisotopic (exact) mass is 299 g/mol. The smallest absolute Gasteiger partial charge is 0.185 e. The van der Waals surface area contributed by atoms with Gasteiger partial charge in [0.05, 0.1) is 11.3 Å². The number of pyridine rings is 1. The van der Waals surface area contributed by atoms with Gasteiger partial charge in [-0.25, -0.2) is 9.97 Å². The third kappa shape index (κ3) is 2.69. The average Bonchev–Trinajstić information content (AvgIpc) is 2.93. The Morgan fingerprint density at radius 2 is 2.29 bits per heavy atom. The number of thiazole rings is 1. The molecule has 3 rings (SSSR count). The number of anilines is 2. The minimum atomic E-state index is 0.345. The molecule has 5 nitrogen and oxygen atoms in total. The van der Waals surface area contributed by atoms with Gasteiger partial charge in [0.1, 0.15) is 11.9 Å². The molecule has 1 fully saturated rings. The van der Waals surface area contributed by atoms with Crippen molar-refractivity contribution in [2.75, 3.05) is 29.4 Å². The maximum atomic E-state index is 9.21. The zero-order valence-corrected chi connectivity index (χ0v) is 13.0. The average molecular weight is 299 g/mol. The maximum Gasteiger partial charge on any atom is 0.185 e. The number of aryl methyl sites for hydroxylation is 1. The van der Waals surface area contributed by atoms with E-state index in [0.717, 1.165) is 36.3 Å². The molecule has 2 aromatic rings. The second-order valence-corrected chi connectivity index (χ2v) is 6.08. The van der Waals surface area contributed by atoms with Crippen molar-refractivity contribution >= 4 is 22.3 Å². The van der Waals surface area contributed by atoms with E-state index < -0.39 is 0 Å². The SMILES string of the molecule is Cc1csc(N2CCN(c3ncccc3C#N)C[C@@H]2C)n1. The molecule has 0 radical (unpaired) electrons. The van der Waals surface area contributed by atoms with Gasteiger partial charge in [-0.05, 0) is 26.0 Å². The molecule has 0 saturated carbocycles. The van der Waals surface area contributed by atoms with Gasteiger partial charge in [-0.3, -0.25) is 0 Å². The highest BCUT2D eigenvalue weighted by atomic mass is 32.1. The number of nitriles is 1. The molecule has 1 aliphatic rings. The summed E-state index contributed by atoms with van der Waals surface area (Å²) in [6, 6.07) is 6.20. The first-order valence-electron chi connectivity index (χ1n) is 6.98. The van der Waals surface area contributed by atoms with Gasteiger partial charge in [-0.15, -0.1) is 11.3 Å². The number of hydrogen-bond donors (Lipinski definition) is 0. The second kappa shape index (κ2) is 5.70. The Morgan fingerprint density at radius 1 is 1.43 bits per heavy atom. The Labute approximate surface area is 128 Å². The summed E-state index contributed by atoms with van der Waals surface area (Å²) < 4.78 is 0. The van der Waals surface area contributed by atoms with Crippen LogP contribution in [0.15, 0.2) is 23.7 Å². The zero-order valence-electron chi connectivity index (χ0n) is 12.2. The van der Waals surface area contributed by atoms with Crippen LogP contribution >= 0.6 is 11.3 Å². The summed E-state index contributed by atoms with van der Waals surface area (Å²) in [5, 5.41) is 12.4. The van der Waals surface area contributed by atoms with E-state index in [-0.39, 0.29) is 0 Å². The minimum Gasteiger partial charge on any atom is -0.352 e. The van der Waals surface area contributed by atoms with Crippen molar-refractivity contribution in [3.63, 3.8) is 0 Å². The summed E-state index contributed by atoms with van der Waals surface area (Å²) in [5.41, 5.74) is 1.71. The lowest BCUT2D eigenvalue weighted by Gasteiger charge is -2.40. The molecule has 21 heavy (non-hydrogen) atoms. The quantitative estimate of drug-likeness (QED) is 0.852. The van der Waals surface area contributed by atoms with Crippen molar-refractivity contribution in [2.24, 2.45) is 0 Å². The van der Waals surface area contributed by atoms with Crippen LogP contribution in [0.3, 0.4) is 0 Å². The third-order valence-electron chi connectivity index (χ3n) is 3.69. The van der Waals surface area contributed by atoms with Crippen LogP contribution in [-0.4, -0.2) is 35.6 Å². The van der Waals surface area contributed by atoms with Crippen molar-refractivity contribution in [2.45, 2.75) is 19.9 Å². The molecule has 0 N–H and O–H groups in total. The molecule has 2 aromatic heterocycles. The second-order valence-electron chi connectivity index (χ2n) is 5.25. The van der Waals surface area contributed by atoms with Gasteiger partial charge >= 0.3 is 0 Å². The largest absolute Gasteiger partial charge is 0.352 e. The fourth-order valence-corrected chi connectivity index (χ4v) is 3.58. The first-order chi connectivity index (χ1) is 10.2. The van der Waals surface area contributed by atoms with E-state index in [9.17, 15) is 5.26 Å². The molecule has 0 unspecified atom stereocenters. The summed E-state index contributed by atoms with van der Waals surface area (Å²) in [5.74, 6) is 0.793. The van der Waals surface area contributed by atoms with Crippen LogP contribution in [-0.2, 0) is 0 Å². The molecule has 0 bridgehead atoms. The van der Waals surface area contributed by atoms with Gasteiger partial charge < -0.3 is 9.80 Å². The standard InChI is InChI=1S/C15H17N5S/c1-11-10-21-15(18-11)20-7-6-19(9-12(20)2)14-13(8-16)4-3-5-17-14/h3-5,10,12H,6-7,9H2,1-2H3/t12-/m0/s1. The van der Waals surface area contributed by atoms with Crippen molar-refractivity contribution in [3.05, 3.63) is 35.0 Å². The summed E-state index contributed by atoms with van der Waals surface area (Å²) >= 11 is 1.69. The Kier molecular flexibility index (Phi) is 3.76. The molecule has 1 atom stereocenters. The number of aromatic nitrogens is 2. The van der Waals surface area contributed by atoms with Crippen LogP contribution in [0, 0.1) is 18.3 Å². The Hall–Kier alpha value is -2.13. The number of piperazine rings is 1. The van der Waals surface area contributed by atoms with E-state index in [2.05, 4.69) is 38.1 Å². The van der Waals surface area contributed by atoms with Crippen LogP contribution in [0.1, 0.15) is 18.2 Å². The summed E-state index contributed by atoms with van der Waals surface area (Å²) in [6.07, 6.45) is 1.75. The molecule has 1 saturated heterocycles. The molecular weight excluding hydrogens is 282 g/mol. The van der Waals surface area contributed by atoms with E-state index in [4.69, 9.17) is 0 Å². The first kappa shape index (κ1) is 13.8. The van der Waals surface area contributed by atoms with Gasteiger partial charge in [-0.2, -0.15) is 5.26 Å². The molecule has 3 heterocycles. The first-order valence-corrected chi connectivity index (χ1v) is 7.86. The molecule has 0 aromatic carbocycles. The van der Waals surface area contributed by atoms with Crippen molar-refractivity contribution in [1.82, 2.24) is 9.97 Å². The van der Waals surface area contributed by atoms with Crippen molar-refractivity contribution in [3.8, 4) is 6.07 Å². The van der Waals surface area contributed by atoms with Crippen LogP contribution in [0.4, 0.5) is 10.9 Å². The van der Waals surface area contributed by atoms with Gasteiger partial charge in [0, 0.05) is 37.3 Å². The van der Waals surface area contributed by atoms with Crippen molar-refractivity contribution in [1.29, 1.82) is 5.26 Å². The van der Waals surface area contributed by atoms with Gasteiger partial charge in [0.25, 0.3) is 0 Å². The topological polar surface area (TPSA) is 56.0 Å². The van der Waals surface area contributed by atoms with E-state index in [0.29, 0.717) is 11.6 Å². The fraction of sp³-hybridized carbons (Fsp3) is 0.400. The van der Waals surface area contributed by atoms with Crippen LogP contribution < -0.4 is 9.80 Å². The van der Waals surface area contributed by atoms with Gasteiger partial charge in [0.15, 0.2) is 5.13 Å². The van der Waals surface area contributed by atoms with Crippen LogP contribution in [0.2, 0.25) is 0 Å². The zero-order chi connectivity index (χ0) is 14.8. The minimum absolute atomic E-state index is 0.345. The Bertz CT molecular complexity index is 675. The summed E-state index contributed by atoms with van der Waals surface area (Å²) in [7, 11) is 0. The Balaban J connectivity index is 1.78. The molecule has 0 aliphatic carbocycles. The van der Waals surface area contributed by atoms with E-state index in [1.54, 1.807) is 23.6 Å². The lowest BCUT2D eigenvalue weighted by atomic mass is 10.1. The maximum absolute atomic E-state index is 9.21. The van der Waals surface area contributed by atoms with Crippen LogP contribution in [0.25, 0.3) is 0 Å². The summed E-state index contributed by atoms with van der Waals surface area (Å²) in [6.45, 7) is 6.82. The molecule has 108 valence electrons. The van der Waals surface area contributed by atoms with Gasteiger partial charge in [-0.1, -0.05) is 0 Å². The van der Waals surface area contributed by atoms with E-state index >= 15 is 0 Å². The number of nitrogens with zero attached hydrogens (tertiary/aromatic N) is 5. The number of rotatable bonds is 2. The third-order valence-corrected chi connectivity index (χ3v) is 4.68. The van der Waals surface area contributed by atoms with E-state index in [1.807, 2.05) is 13.0 Å². The highest BCUT2D eigenvalue weighted by Gasteiger charge is 2.27. The Morgan fingerprint density at radius 3 is 2.95 bits per heavy atom. The highest BCUT2D eigenvalue weighted by molar-refractivity contribution is 7.13. The molecular formula is C15H17N5S. The summed E-state index contributed by atoms with van der Waals surface area (Å²) in [4.78, 5) is 13.5. The molecule has 1 aliphatic heterocycles. The fourth-order valence-electron chi connectivity index (χ4n) is 2.64. The van der Waals surface area contributed by atoms with Crippen LogP contribution in [0.5, 0.6) is 0 Å².